The first-order valence-corrected chi connectivity index (χ1v) is 9.26. The van der Waals surface area contributed by atoms with Crippen LogP contribution in [0.5, 0.6) is 0 Å². The topological polar surface area (TPSA) is 84.7 Å². The van der Waals surface area contributed by atoms with Gasteiger partial charge in [-0.25, -0.2) is 19.3 Å². The molecule has 30 heavy (non-hydrogen) atoms. The van der Waals surface area contributed by atoms with Crippen LogP contribution < -0.4 is 10.6 Å². The number of nitrogens with one attached hydrogen (secondary N) is 2. The highest BCUT2D eigenvalue weighted by Gasteiger charge is 2.09. The van der Waals surface area contributed by atoms with Crippen LogP contribution in [0.4, 0.5) is 21.6 Å². The average molecular weight is 402 g/mol. The SMILES string of the molecule is Cc1ccc(C(=O)Nc2ccc(Nc3cc(-n4ccnc4C)ncn3)cc2)cc1F. The molecule has 2 N–H and O–H groups in total. The number of nitrogens with zero attached hydrogens (tertiary/aromatic N) is 4. The first kappa shape index (κ1) is 19.3. The fourth-order valence-electron chi connectivity index (χ4n) is 2.89. The Labute approximate surface area is 172 Å². The molecule has 2 heterocycles. The molecule has 0 radical (unpaired) electrons. The monoisotopic (exact) mass is 402 g/mol. The van der Waals surface area contributed by atoms with Crippen molar-refractivity contribution in [1.82, 2.24) is 19.5 Å². The van der Waals surface area contributed by atoms with Gasteiger partial charge in [0.1, 0.15) is 29.6 Å². The van der Waals surface area contributed by atoms with E-state index in [4.69, 9.17) is 0 Å². The number of anilines is 3. The molecule has 0 saturated heterocycles. The van der Waals surface area contributed by atoms with Crippen molar-refractivity contribution in [2.45, 2.75) is 13.8 Å². The summed E-state index contributed by atoms with van der Waals surface area (Å²) in [5.74, 6) is 1.38. The number of carbonyl (C=O) groups is 1. The van der Waals surface area contributed by atoms with Gasteiger partial charge in [0, 0.05) is 35.4 Å². The zero-order valence-electron chi connectivity index (χ0n) is 16.4. The summed E-state index contributed by atoms with van der Waals surface area (Å²) in [5.41, 5.74) is 2.16. The lowest BCUT2D eigenvalue weighted by Crippen LogP contribution is -2.12. The minimum Gasteiger partial charge on any atom is -0.340 e. The zero-order chi connectivity index (χ0) is 21.1. The van der Waals surface area contributed by atoms with Gasteiger partial charge in [0.25, 0.3) is 5.91 Å². The molecule has 0 saturated carbocycles. The number of benzene rings is 2. The van der Waals surface area contributed by atoms with Gasteiger partial charge in [-0.2, -0.15) is 0 Å². The van der Waals surface area contributed by atoms with Gasteiger partial charge in [0.2, 0.25) is 0 Å². The van der Waals surface area contributed by atoms with Crippen molar-refractivity contribution in [2.24, 2.45) is 0 Å². The summed E-state index contributed by atoms with van der Waals surface area (Å²) in [6, 6.07) is 13.4. The Balaban J connectivity index is 1.44. The molecule has 0 fully saturated rings. The van der Waals surface area contributed by atoms with Gasteiger partial charge in [0.05, 0.1) is 0 Å². The largest absolute Gasteiger partial charge is 0.340 e. The summed E-state index contributed by atoms with van der Waals surface area (Å²) in [5, 5.41) is 5.97. The molecular weight excluding hydrogens is 383 g/mol. The summed E-state index contributed by atoms with van der Waals surface area (Å²) in [7, 11) is 0. The van der Waals surface area contributed by atoms with E-state index in [0.717, 1.165) is 11.5 Å². The van der Waals surface area contributed by atoms with Crippen LogP contribution >= 0.6 is 0 Å². The summed E-state index contributed by atoms with van der Waals surface area (Å²) in [6.07, 6.45) is 5.02. The second-order valence-electron chi connectivity index (χ2n) is 6.73. The molecule has 0 unspecified atom stereocenters. The van der Waals surface area contributed by atoms with E-state index in [-0.39, 0.29) is 11.5 Å². The van der Waals surface area contributed by atoms with Gasteiger partial charge in [-0.15, -0.1) is 0 Å². The smallest absolute Gasteiger partial charge is 0.255 e. The Morgan fingerprint density at radius 2 is 1.73 bits per heavy atom. The van der Waals surface area contributed by atoms with Gasteiger partial charge in [-0.1, -0.05) is 6.07 Å². The third-order valence-corrected chi connectivity index (χ3v) is 4.57. The highest BCUT2D eigenvalue weighted by molar-refractivity contribution is 6.04. The predicted octanol–water partition coefficient (Wildman–Crippen LogP) is 4.41. The minimum absolute atomic E-state index is 0.267. The molecule has 0 spiro atoms. The van der Waals surface area contributed by atoms with Gasteiger partial charge in [-0.05, 0) is 55.8 Å². The van der Waals surface area contributed by atoms with Crippen molar-refractivity contribution in [2.75, 3.05) is 10.6 Å². The van der Waals surface area contributed by atoms with E-state index in [0.29, 0.717) is 22.9 Å². The van der Waals surface area contributed by atoms with Crippen LogP contribution in [0.2, 0.25) is 0 Å². The second-order valence-corrected chi connectivity index (χ2v) is 6.73. The molecule has 0 aliphatic carbocycles. The van der Waals surface area contributed by atoms with Crippen LogP contribution in [0.25, 0.3) is 5.82 Å². The number of hydrogen-bond acceptors (Lipinski definition) is 5. The van der Waals surface area contributed by atoms with Crippen LogP contribution in [0.1, 0.15) is 21.7 Å². The molecule has 2 aromatic heterocycles. The maximum absolute atomic E-state index is 13.7. The first-order chi connectivity index (χ1) is 14.5. The fraction of sp³-hybridized carbons (Fsp3) is 0.0909. The Bertz CT molecular complexity index is 1200. The van der Waals surface area contributed by atoms with E-state index in [9.17, 15) is 9.18 Å². The average Bonchev–Trinajstić information content (AvgIpc) is 3.17. The van der Waals surface area contributed by atoms with Crippen molar-refractivity contribution >= 4 is 23.1 Å². The number of hydrogen-bond donors (Lipinski definition) is 2. The Morgan fingerprint density at radius 1 is 0.967 bits per heavy atom. The lowest BCUT2D eigenvalue weighted by molar-refractivity contribution is 0.102. The Hall–Kier alpha value is -4.07. The maximum atomic E-state index is 13.7. The number of halogens is 1. The van der Waals surface area contributed by atoms with E-state index >= 15 is 0 Å². The highest BCUT2D eigenvalue weighted by Crippen LogP contribution is 2.20. The standard InChI is InChI=1S/C22H19FN6O/c1-14-3-4-16(11-19(14)23)22(30)28-18-7-5-17(6-8-18)27-20-12-21(26-13-25-20)29-10-9-24-15(29)2/h3-13H,1-2H3,(H,28,30)(H,25,26,27). The van der Waals surface area contributed by atoms with Crippen molar-refractivity contribution in [3.05, 3.63) is 90.0 Å². The van der Waals surface area contributed by atoms with Gasteiger partial charge < -0.3 is 10.6 Å². The molecule has 0 atom stereocenters. The van der Waals surface area contributed by atoms with E-state index < -0.39 is 5.82 Å². The van der Waals surface area contributed by atoms with Crippen LogP contribution in [0.15, 0.2) is 67.3 Å². The highest BCUT2D eigenvalue weighted by atomic mass is 19.1. The van der Waals surface area contributed by atoms with Crippen LogP contribution in [-0.4, -0.2) is 25.4 Å². The molecule has 1 amide bonds. The number of aryl methyl sites for hydroxylation is 2. The molecule has 8 heteroatoms. The molecule has 7 nitrogen and oxygen atoms in total. The number of aromatic nitrogens is 4. The van der Waals surface area contributed by atoms with E-state index in [1.165, 1.54) is 12.4 Å². The molecule has 0 aliphatic rings. The van der Waals surface area contributed by atoms with Crippen LogP contribution in [-0.2, 0) is 0 Å². The molecule has 2 aromatic carbocycles. The fourth-order valence-corrected chi connectivity index (χ4v) is 2.89. The van der Waals surface area contributed by atoms with Crippen LogP contribution in [0.3, 0.4) is 0 Å². The first-order valence-electron chi connectivity index (χ1n) is 9.26. The van der Waals surface area contributed by atoms with Crippen LogP contribution in [0, 0.1) is 19.7 Å². The lowest BCUT2D eigenvalue weighted by atomic mass is 10.1. The number of imidazole rings is 1. The molecular formula is C22H19FN6O. The zero-order valence-corrected chi connectivity index (χ0v) is 16.4. The van der Waals surface area contributed by atoms with E-state index in [1.54, 1.807) is 37.4 Å². The van der Waals surface area contributed by atoms with Crippen molar-refractivity contribution in [3.8, 4) is 5.82 Å². The summed E-state index contributed by atoms with van der Waals surface area (Å²) in [6.45, 7) is 3.55. The van der Waals surface area contributed by atoms with Gasteiger partial charge in [0.15, 0.2) is 0 Å². The molecule has 0 bridgehead atoms. The lowest BCUT2D eigenvalue weighted by Gasteiger charge is -2.10. The van der Waals surface area contributed by atoms with Crippen molar-refractivity contribution in [3.63, 3.8) is 0 Å². The quantitative estimate of drug-likeness (QED) is 0.516. The summed E-state index contributed by atoms with van der Waals surface area (Å²) >= 11 is 0. The second kappa shape index (κ2) is 8.12. The van der Waals surface area contributed by atoms with E-state index in [1.807, 2.05) is 35.9 Å². The number of amides is 1. The molecule has 4 rings (SSSR count). The Kier molecular flexibility index (Phi) is 5.21. The number of rotatable bonds is 5. The van der Waals surface area contributed by atoms with Crippen molar-refractivity contribution < 1.29 is 9.18 Å². The minimum atomic E-state index is -0.405. The molecule has 150 valence electrons. The summed E-state index contributed by atoms with van der Waals surface area (Å²) in [4.78, 5) is 25.0. The van der Waals surface area contributed by atoms with Gasteiger partial charge in [-0.3, -0.25) is 9.36 Å². The summed E-state index contributed by atoms with van der Waals surface area (Å²) < 4.78 is 15.5. The molecule has 0 aliphatic heterocycles. The third kappa shape index (κ3) is 4.17. The molecule has 4 aromatic rings. The van der Waals surface area contributed by atoms with Crippen molar-refractivity contribution in [1.29, 1.82) is 0 Å². The Morgan fingerprint density at radius 3 is 2.43 bits per heavy atom. The van der Waals surface area contributed by atoms with Gasteiger partial charge >= 0.3 is 0 Å². The van der Waals surface area contributed by atoms with E-state index in [2.05, 4.69) is 25.6 Å². The normalized spacial score (nSPS) is 10.6. The predicted molar refractivity (Wildman–Crippen MR) is 113 cm³/mol. The third-order valence-electron chi connectivity index (χ3n) is 4.57. The maximum Gasteiger partial charge on any atom is 0.255 e. The number of carbonyl (C=O) groups excluding carboxylic acids is 1.